The van der Waals surface area contributed by atoms with E-state index in [9.17, 15) is 0 Å². The summed E-state index contributed by atoms with van der Waals surface area (Å²) in [4.78, 5) is 7.62. The maximum Gasteiger partial charge on any atom is 0.139 e. The van der Waals surface area contributed by atoms with Crippen molar-refractivity contribution in [2.24, 2.45) is 0 Å². The van der Waals surface area contributed by atoms with Gasteiger partial charge in [0.1, 0.15) is 5.01 Å². The number of thiol groups is 1. The number of aromatic nitrogens is 2. The average Bonchev–Trinajstić information content (AvgIpc) is 2.70. The first-order valence-electron chi connectivity index (χ1n) is 4.09. The van der Waals surface area contributed by atoms with Gasteiger partial charge in [0, 0.05) is 11.6 Å². The van der Waals surface area contributed by atoms with E-state index in [1.54, 1.807) is 11.3 Å². The number of H-pyrrole nitrogens is 1. The average molecular weight is 210 g/mol. The van der Waals surface area contributed by atoms with E-state index in [-0.39, 0.29) is 0 Å². The molecule has 0 saturated carbocycles. The SMILES string of the molecule is SCCc1csc(-c2ccc[nH]2)n1. The van der Waals surface area contributed by atoms with E-state index in [2.05, 4.69) is 28.0 Å². The van der Waals surface area contributed by atoms with Gasteiger partial charge in [0.05, 0.1) is 11.4 Å². The molecule has 68 valence electrons. The molecule has 2 aromatic rings. The molecule has 0 radical (unpaired) electrons. The van der Waals surface area contributed by atoms with Crippen LogP contribution in [0.3, 0.4) is 0 Å². The minimum atomic E-state index is 0.855. The molecule has 2 nitrogen and oxygen atoms in total. The van der Waals surface area contributed by atoms with Gasteiger partial charge in [-0.2, -0.15) is 12.6 Å². The van der Waals surface area contributed by atoms with Crippen molar-refractivity contribution in [3.05, 3.63) is 29.4 Å². The molecule has 0 aliphatic rings. The molecule has 0 amide bonds. The Morgan fingerprint density at radius 3 is 3.15 bits per heavy atom. The molecule has 4 heteroatoms. The molecule has 0 unspecified atom stereocenters. The maximum atomic E-state index is 4.48. The summed E-state index contributed by atoms with van der Waals surface area (Å²) in [6.07, 6.45) is 2.86. The zero-order chi connectivity index (χ0) is 9.10. The van der Waals surface area contributed by atoms with Gasteiger partial charge >= 0.3 is 0 Å². The maximum absolute atomic E-state index is 4.48. The van der Waals surface area contributed by atoms with E-state index in [0.717, 1.165) is 28.6 Å². The zero-order valence-electron chi connectivity index (χ0n) is 7.03. The topological polar surface area (TPSA) is 28.7 Å². The Hall–Kier alpha value is -0.740. The fourth-order valence-corrected chi connectivity index (χ4v) is 2.19. The smallest absolute Gasteiger partial charge is 0.139 e. The Labute approximate surface area is 86.4 Å². The van der Waals surface area contributed by atoms with E-state index < -0.39 is 0 Å². The standard InChI is InChI=1S/C9H10N2S2/c12-5-3-7-6-13-9(11-7)8-2-1-4-10-8/h1-2,4,6,10,12H,3,5H2. The highest BCUT2D eigenvalue weighted by Crippen LogP contribution is 2.21. The van der Waals surface area contributed by atoms with E-state index >= 15 is 0 Å². The first kappa shape index (κ1) is 8.84. The van der Waals surface area contributed by atoms with Crippen molar-refractivity contribution < 1.29 is 0 Å². The number of hydrogen-bond acceptors (Lipinski definition) is 3. The third-order valence-electron chi connectivity index (χ3n) is 1.75. The van der Waals surface area contributed by atoms with Gasteiger partial charge in [0.15, 0.2) is 0 Å². The van der Waals surface area contributed by atoms with Crippen molar-refractivity contribution in [1.29, 1.82) is 0 Å². The second-order valence-corrected chi connectivity index (χ2v) is 4.01. The number of aryl methyl sites for hydroxylation is 1. The molecule has 0 aromatic carbocycles. The van der Waals surface area contributed by atoms with E-state index in [1.165, 1.54) is 0 Å². The lowest BCUT2D eigenvalue weighted by molar-refractivity contribution is 1.08. The summed E-state index contributed by atoms with van der Waals surface area (Å²) in [6, 6.07) is 4.01. The van der Waals surface area contributed by atoms with Crippen LogP contribution >= 0.6 is 24.0 Å². The van der Waals surface area contributed by atoms with Gasteiger partial charge < -0.3 is 4.98 Å². The summed E-state index contributed by atoms with van der Waals surface area (Å²) in [7, 11) is 0. The van der Waals surface area contributed by atoms with Crippen molar-refractivity contribution in [3.8, 4) is 10.7 Å². The molecule has 0 atom stereocenters. The summed E-state index contributed by atoms with van der Waals surface area (Å²) < 4.78 is 0. The van der Waals surface area contributed by atoms with E-state index in [0.29, 0.717) is 0 Å². The third-order valence-corrected chi connectivity index (χ3v) is 2.90. The lowest BCUT2D eigenvalue weighted by Crippen LogP contribution is -1.85. The quantitative estimate of drug-likeness (QED) is 0.749. The predicted octanol–water partition coefficient (Wildman–Crippen LogP) is 2.61. The van der Waals surface area contributed by atoms with Crippen molar-refractivity contribution in [2.45, 2.75) is 6.42 Å². The van der Waals surface area contributed by atoms with Crippen LogP contribution in [0.15, 0.2) is 23.7 Å². The van der Waals surface area contributed by atoms with Gasteiger partial charge in [0.25, 0.3) is 0 Å². The van der Waals surface area contributed by atoms with Crippen LogP contribution in [-0.2, 0) is 6.42 Å². The molecule has 1 N–H and O–H groups in total. The first-order chi connectivity index (χ1) is 6.40. The number of thiazole rings is 1. The Balaban J connectivity index is 2.23. The van der Waals surface area contributed by atoms with Crippen LogP contribution in [0.25, 0.3) is 10.7 Å². The molecule has 0 saturated heterocycles. The van der Waals surface area contributed by atoms with Crippen LogP contribution < -0.4 is 0 Å². The van der Waals surface area contributed by atoms with Gasteiger partial charge in [0.2, 0.25) is 0 Å². The molecular formula is C9H10N2S2. The van der Waals surface area contributed by atoms with Crippen molar-refractivity contribution in [1.82, 2.24) is 9.97 Å². The summed E-state index contributed by atoms with van der Waals surface area (Å²) in [5, 5.41) is 3.15. The van der Waals surface area contributed by atoms with Crippen LogP contribution in [0.5, 0.6) is 0 Å². The Morgan fingerprint density at radius 2 is 2.46 bits per heavy atom. The van der Waals surface area contributed by atoms with Crippen LogP contribution in [0.4, 0.5) is 0 Å². The highest BCUT2D eigenvalue weighted by Gasteiger charge is 2.03. The Morgan fingerprint density at radius 1 is 1.54 bits per heavy atom. The van der Waals surface area contributed by atoms with Gasteiger partial charge in [-0.05, 0) is 24.3 Å². The minimum Gasteiger partial charge on any atom is -0.359 e. The molecule has 0 spiro atoms. The second-order valence-electron chi connectivity index (χ2n) is 2.70. The largest absolute Gasteiger partial charge is 0.359 e. The molecule has 0 aliphatic carbocycles. The summed E-state index contributed by atoms with van der Waals surface area (Å²) >= 11 is 5.84. The van der Waals surface area contributed by atoms with Crippen molar-refractivity contribution in [3.63, 3.8) is 0 Å². The normalized spacial score (nSPS) is 10.5. The molecule has 13 heavy (non-hydrogen) atoms. The second kappa shape index (κ2) is 3.98. The van der Waals surface area contributed by atoms with Gasteiger partial charge in [-0.1, -0.05) is 0 Å². The molecule has 2 heterocycles. The van der Waals surface area contributed by atoms with Crippen LogP contribution in [0.1, 0.15) is 5.69 Å². The summed E-state index contributed by atoms with van der Waals surface area (Å²) in [5.41, 5.74) is 2.22. The lowest BCUT2D eigenvalue weighted by Gasteiger charge is -1.89. The fraction of sp³-hybridized carbons (Fsp3) is 0.222. The van der Waals surface area contributed by atoms with E-state index in [1.807, 2.05) is 18.3 Å². The van der Waals surface area contributed by atoms with Gasteiger partial charge in [-0.25, -0.2) is 4.98 Å². The van der Waals surface area contributed by atoms with Crippen LogP contribution in [0.2, 0.25) is 0 Å². The fourth-order valence-electron chi connectivity index (χ4n) is 1.12. The first-order valence-corrected chi connectivity index (χ1v) is 5.60. The molecule has 0 aliphatic heterocycles. The number of aromatic amines is 1. The highest BCUT2D eigenvalue weighted by atomic mass is 32.1. The Bertz CT molecular complexity index is 365. The number of hydrogen-bond donors (Lipinski definition) is 2. The van der Waals surface area contributed by atoms with Gasteiger partial charge in [-0.15, -0.1) is 11.3 Å². The lowest BCUT2D eigenvalue weighted by atomic mass is 10.4. The highest BCUT2D eigenvalue weighted by molar-refractivity contribution is 7.80. The Kier molecular flexibility index (Phi) is 2.71. The molecular weight excluding hydrogens is 200 g/mol. The number of nitrogens with one attached hydrogen (secondary N) is 1. The third kappa shape index (κ3) is 1.95. The molecule has 2 aromatic heterocycles. The molecule has 0 fully saturated rings. The van der Waals surface area contributed by atoms with Crippen LogP contribution in [-0.4, -0.2) is 15.7 Å². The predicted molar refractivity (Wildman–Crippen MR) is 59.5 cm³/mol. The van der Waals surface area contributed by atoms with Crippen LogP contribution in [0, 0.1) is 0 Å². The monoisotopic (exact) mass is 210 g/mol. The number of rotatable bonds is 3. The zero-order valence-corrected chi connectivity index (χ0v) is 8.74. The van der Waals surface area contributed by atoms with Gasteiger partial charge in [-0.3, -0.25) is 0 Å². The molecule has 0 bridgehead atoms. The minimum absolute atomic E-state index is 0.855. The van der Waals surface area contributed by atoms with Crippen molar-refractivity contribution in [2.75, 3.05) is 5.75 Å². The summed E-state index contributed by atoms with van der Waals surface area (Å²) in [6.45, 7) is 0. The van der Waals surface area contributed by atoms with E-state index in [4.69, 9.17) is 0 Å². The summed E-state index contributed by atoms with van der Waals surface area (Å²) in [5.74, 6) is 0.855. The van der Waals surface area contributed by atoms with Crippen molar-refractivity contribution >= 4 is 24.0 Å². The molecule has 2 rings (SSSR count). The number of nitrogens with zero attached hydrogens (tertiary/aromatic N) is 1.